The third-order valence-corrected chi connectivity index (χ3v) is 6.26. The highest BCUT2D eigenvalue weighted by atomic mass is 35.5. The molecule has 1 amide bonds. The molecule has 0 aliphatic carbocycles. The Kier molecular flexibility index (Phi) is 8.08. The van der Waals surface area contributed by atoms with Gasteiger partial charge in [-0.2, -0.15) is 0 Å². The van der Waals surface area contributed by atoms with Crippen LogP contribution < -0.4 is 10.1 Å². The van der Waals surface area contributed by atoms with E-state index >= 15 is 0 Å². The molecule has 0 spiro atoms. The number of para-hydroxylation sites is 1. The molecular formula is C26H26ClF2N3O2. The fourth-order valence-electron chi connectivity index (χ4n) is 4.11. The van der Waals surface area contributed by atoms with Crippen LogP contribution >= 0.6 is 11.6 Å². The van der Waals surface area contributed by atoms with Crippen LogP contribution in [-0.4, -0.2) is 42.0 Å². The molecule has 1 fully saturated rings. The summed E-state index contributed by atoms with van der Waals surface area (Å²) in [6.07, 6.45) is 3.09. The molecule has 178 valence electrons. The molecule has 8 heteroatoms. The van der Waals surface area contributed by atoms with Crippen LogP contribution in [0.15, 0.2) is 66.9 Å². The maximum absolute atomic E-state index is 13.7. The number of pyridine rings is 1. The van der Waals surface area contributed by atoms with Crippen LogP contribution in [0.3, 0.4) is 0 Å². The largest absolute Gasteiger partial charge is 0.486 e. The summed E-state index contributed by atoms with van der Waals surface area (Å²) < 4.78 is 32.7. The normalized spacial score (nSPS) is 15.6. The Labute approximate surface area is 202 Å². The van der Waals surface area contributed by atoms with Crippen molar-refractivity contribution in [3.8, 4) is 5.75 Å². The number of likely N-dealkylation sites (tertiary alicyclic amines) is 1. The summed E-state index contributed by atoms with van der Waals surface area (Å²) in [5, 5.41) is 3.79. The van der Waals surface area contributed by atoms with Gasteiger partial charge >= 0.3 is 0 Å². The molecule has 1 N–H and O–H groups in total. The van der Waals surface area contributed by atoms with E-state index < -0.39 is 11.6 Å². The van der Waals surface area contributed by atoms with Crippen LogP contribution in [0.2, 0.25) is 5.02 Å². The van der Waals surface area contributed by atoms with Crippen molar-refractivity contribution >= 4 is 17.5 Å². The molecule has 1 saturated heterocycles. The fraction of sp³-hybridized carbons (Fsp3) is 0.308. The summed E-state index contributed by atoms with van der Waals surface area (Å²) in [6, 6.07) is 16.3. The highest BCUT2D eigenvalue weighted by Gasteiger charge is 2.28. The number of benzene rings is 2. The molecule has 1 aliphatic heterocycles. The number of piperidine rings is 1. The van der Waals surface area contributed by atoms with Gasteiger partial charge in [0.05, 0.1) is 11.7 Å². The van der Waals surface area contributed by atoms with Gasteiger partial charge in [0.1, 0.15) is 6.61 Å². The van der Waals surface area contributed by atoms with Gasteiger partial charge < -0.3 is 10.1 Å². The van der Waals surface area contributed by atoms with Crippen LogP contribution in [0.5, 0.6) is 5.75 Å². The molecule has 0 bridgehead atoms. The third-order valence-electron chi connectivity index (χ3n) is 6.00. The SMILES string of the molecule is O=C(N[C@@H](c1ccc(Cl)cc1)c1ccccn1)C1CCN(CCOc2c(F)cccc2F)CC1. The summed E-state index contributed by atoms with van der Waals surface area (Å²) in [5.74, 6) is -1.91. The zero-order chi connectivity index (χ0) is 23.9. The lowest BCUT2D eigenvalue weighted by Crippen LogP contribution is -2.43. The van der Waals surface area contributed by atoms with Crippen LogP contribution in [-0.2, 0) is 4.79 Å². The Bertz CT molecular complexity index is 1070. The molecule has 1 atom stereocenters. The zero-order valence-electron chi connectivity index (χ0n) is 18.6. The predicted octanol–water partition coefficient (Wildman–Crippen LogP) is 5.01. The Morgan fingerprint density at radius 3 is 2.41 bits per heavy atom. The number of halogens is 3. The van der Waals surface area contributed by atoms with Crippen molar-refractivity contribution < 1.29 is 18.3 Å². The van der Waals surface area contributed by atoms with Gasteiger partial charge in [-0.25, -0.2) is 8.78 Å². The maximum Gasteiger partial charge on any atom is 0.224 e. The Balaban J connectivity index is 1.31. The predicted molar refractivity (Wildman–Crippen MR) is 127 cm³/mol. The highest BCUT2D eigenvalue weighted by Crippen LogP contribution is 2.25. The number of amides is 1. The quantitative estimate of drug-likeness (QED) is 0.487. The third kappa shape index (κ3) is 6.10. The van der Waals surface area contributed by atoms with Crippen LogP contribution in [0.25, 0.3) is 0 Å². The summed E-state index contributed by atoms with van der Waals surface area (Å²) in [5.41, 5.74) is 1.67. The van der Waals surface area contributed by atoms with E-state index in [1.54, 1.807) is 18.3 Å². The molecule has 2 aromatic carbocycles. The second kappa shape index (κ2) is 11.4. The Morgan fingerprint density at radius 1 is 1.06 bits per heavy atom. The van der Waals surface area contributed by atoms with Crippen molar-refractivity contribution in [1.82, 2.24) is 15.2 Å². The van der Waals surface area contributed by atoms with Crippen LogP contribution in [0, 0.1) is 17.6 Å². The van der Waals surface area contributed by atoms with Gasteiger partial charge in [0.2, 0.25) is 5.91 Å². The first-order valence-electron chi connectivity index (χ1n) is 11.3. The topological polar surface area (TPSA) is 54.5 Å². The van der Waals surface area contributed by atoms with Crippen molar-refractivity contribution in [1.29, 1.82) is 0 Å². The molecule has 3 aromatic rings. The average Bonchev–Trinajstić information content (AvgIpc) is 2.86. The van der Waals surface area contributed by atoms with E-state index in [-0.39, 0.29) is 30.2 Å². The number of hydrogen-bond acceptors (Lipinski definition) is 4. The number of ether oxygens (including phenoxy) is 1. The van der Waals surface area contributed by atoms with Crippen molar-refractivity contribution in [3.05, 3.63) is 94.8 Å². The van der Waals surface area contributed by atoms with Gasteiger partial charge in [-0.15, -0.1) is 0 Å². The first-order chi connectivity index (χ1) is 16.5. The second-order valence-corrected chi connectivity index (χ2v) is 8.70. The van der Waals surface area contributed by atoms with E-state index in [1.165, 1.54) is 18.2 Å². The van der Waals surface area contributed by atoms with Gasteiger partial charge in [-0.05, 0) is 67.9 Å². The van der Waals surface area contributed by atoms with E-state index in [1.807, 2.05) is 30.3 Å². The Hall–Kier alpha value is -3.03. The number of carbonyl (C=O) groups excluding carboxylic acids is 1. The van der Waals surface area contributed by atoms with Crippen LogP contribution in [0.4, 0.5) is 8.78 Å². The average molecular weight is 486 g/mol. The maximum atomic E-state index is 13.7. The molecule has 0 saturated carbocycles. The van der Waals surface area contributed by atoms with E-state index in [2.05, 4.69) is 15.2 Å². The number of carbonyl (C=O) groups is 1. The number of rotatable bonds is 8. The number of nitrogens with one attached hydrogen (secondary N) is 1. The van der Waals surface area contributed by atoms with Crippen molar-refractivity contribution in [3.63, 3.8) is 0 Å². The molecule has 1 aromatic heterocycles. The van der Waals surface area contributed by atoms with E-state index in [9.17, 15) is 13.6 Å². The lowest BCUT2D eigenvalue weighted by Gasteiger charge is -2.32. The minimum absolute atomic E-state index is 0.0186. The molecule has 4 rings (SSSR count). The summed E-state index contributed by atoms with van der Waals surface area (Å²) >= 11 is 6.04. The summed E-state index contributed by atoms with van der Waals surface area (Å²) in [6.45, 7) is 2.11. The molecule has 0 radical (unpaired) electrons. The number of hydrogen-bond donors (Lipinski definition) is 1. The summed E-state index contributed by atoms with van der Waals surface area (Å²) in [4.78, 5) is 19.7. The lowest BCUT2D eigenvalue weighted by molar-refractivity contribution is -0.127. The zero-order valence-corrected chi connectivity index (χ0v) is 19.3. The second-order valence-electron chi connectivity index (χ2n) is 8.26. The van der Waals surface area contributed by atoms with Gasteiger partial charge in [0, 0.05) is 23.7 Å². The van der Waals surface area contributed by atoms with Crippen molar-refractivity contribution in [2.75, 3.05) is 26.2 Å². The van der Waals surface area contributed by atoms with Gasteiger partial charge in [-0.3, -0.25) is 14.7 Å². The minimum Gasteiger partial charge on any atom is -0.486 e. The number of aromatic nitrogens is 1. The lowest BCUT2D eigenvalue weighted by atomic mass is 9.94. The molecule has 1 aliphatic rings. The smallest absolute Gasteiger partial charge is 0.224 e. The first-order valence-corrected chi connectivity index (χ1v) is 11.6. The van der Waals surface area contributed by atoms with Gasteiger partial charge in [0.15, 0.2) is 17.4 Å². The molecular weight excluding hydrogens is 460 g/mol. The Morgan fingerprint density at radius 2 is 1.76 bits per heavy atom. The molecule has 5 nitrogen and oxygen atoms in total. The minimum atomic E-state index is -0.710. The van der Waals surface area contributed by atoms with E-state index in [4.69, 9.17) is 16.3 Å². The number of nitrogens with zero attached hydrogens (tertiary/aromatic N) is 2. The molecule has 0 unspecified atom stereocenters. The van der Waals surface area contributed by atoms with E-state index in [0.717, 1.165) is 11.3 Å². The van der Waals surface area contributed by atoms with Crippen molar-refractivity contribution in [2.24, 2.45) is 5.92 Å². The van der Waals surface area contributed by atoms with Crippen molar-refractivity contribution in [2.45, 2.75) is 18.9 Å². The highest BCUT2D eigenvalue weighted by molar-refractivity contribution is 6.30. The van der Waals surface area contributed by atoms with E-state index in [0.29, 0.717) is 37.5 Å². The van der Waals surface area contributed by atoms with Gasteiger partial charge in [0.25, 0.3) is 0 Å². The molecule has 34 heavy (non-hydrogen) atoms. The molecule has 2 heterocycles. The summed E-state index contributed by atoms with van der Waals surface area (Å²) in [7, 11) is 0. The van der Waals surface area contributed by atoms with Crippen LogP contribution in [0.1, 0.15) is 30.1 Å². The first kappa shape index (κ1) is 24.1. The monoisotopic (exact) mass is 485 g/mol. The standard InChI is InChI=1S/C26H26ClF2N3O2/c27-20-9-7-18(8-10-20)24(23-6-1-2-13-30-23)31-26(33)19-11-14-32(15-12-19)16-17-34-25-21(28)4-3-5-22(25)29/h1-10,13,19,24H,11-12,14-17H2,(H,31,33)/t24-/m0/s1. The van der Waals surface area contributed by atoms with Gasteiger partial charge in [-0.1, -0.05) is 35.9 Å². The fourth-order valence-corrected chi connectivity index (χ4v) is 4.23.